The van der Waals surface area contributed by atoms with Crippen molar-refractivity contribution in [2.24, 2.45) is 0 Å². The molecule has 0 aromatic heterocycles. The summed E-state index contributed by atoms with van der Waals surface area (Å²) in [4.78, 5) is 12.2. The van der Waals surface area contributed by atoms with E-state index in [1.54, 1.807) is 25.3 Å². The Morgan fingerprint density at radius 1 is 1.41 bits per heavy atom. The number of hydrogen-bond acceptors (Lipinski definition) is 5. The molecular formula is C15H21NO5S. The Balaban J connectivity index is 2.09. The number of carbonyl (C=O) groups is 1. The smallest absolute Gasteiger partial charge is 0.251 e. The molecule has 0 saturated carbocycles. The second-order valence-corrected chi connectivity index (χ2v) is 7.47. The van der Waals surface area contributed by atoms with Crippen LogP contribution in [0.1, 0.15) is 29.3 Å². The van der Waals surface area contributed by atoms with E-state index in [1.807, 2.05) is 6.92 Å². The van der Waals surface area contributed by atoms with Crippen molar-refractivity contribution in [1.29, 1.82) is 0 Å². The van der Waals surface area contributed by atoms with Gasteiger partial charge in [0.1, 0.15) is 5.75 Å². The van der Waals surface area contributed by atoms with Crippen molar-refractivity contribution in [3.63, 3.8) is 0 Å². The number of hydrogen-bond donors (Lipinski definition) is 1. The summed E-state index contributed by atoms with van der Waals surface area (Å²) >= 11 is 0. The summed E-state index contributed by atoms with van der Waals surface area (Å²) in [5, 5.41) is 2.77. The van der Waals surface area contributed by atoms with E-state index in [0.717, 1.165) is 5.56 Å². The fourth-order valence-electron chi connectivity index (χ4n) is 2.42. The van der Waals surface area contributed by atoms with Gasteiger partial charge in [-0.1, -0.05) is 0 Å². The van der Waals surface area contributed by atoms with Gasteiger partial charge in [0, 0.05) is 23.8 Å². The first-order valence-corrected chi connectivity index (χ1v) is 9.03. The first kappa shape index (κ1) is 16.8. The van der Waals surface area contributed by atoms with Crippen molar-refractivity contribution < 1.29 is 22.7 Å². The van der Waals surface area contributed by atoms with Crippen LogP contribution in [0, 0.1) is 0 Å². The standard InChI is InChI=1S/C15H21NO5S/c1-3-21-9-12-8-11(4-5-14(12)20-2)15(17)16-13-6-7-22(18,19)10-13/h4-5,8,13H,3,6-7,9-10H2,1-2H3,(H,16,17). The van der Waals surface area contributed by atoms with Crippen molar-refractivity contribution in [2.45, 2.75) is 26.0 Å². The molecule has 7 heteroatoms. The fraction of sp³-hybridized carbons (Fsp3) is 0.533. The number of sulfone groups is 1. The van der Waals surface area contributed by atoms with E-state index in [2.05, 4.69) is 5.32 Å². The van der Waals surface area contributed by atoms with Gasteiger partial charge in [-0.3, -0.25) is 4.79 Å². The molecule has 0 aliphatic carbocycles. The Hall–Kier alpha value is -1.60. The second-order valence-electron chi connectivity index (χ2n) is 5.24. The third kappa shape index (κ3) is 4.20. The summed E-state index contributed by atoms with van der Waals surface area (Å²) in [7, 11) is -1.45. The fourth-order valence-corrected chi connectivity index (χ4v) is 4.10. The minimum Gasteiger partial charge on any atom is -0.496 e. The van der Waals surface area contributed by atoms with Gasteiger partial charge in [-0.05, 0) is 31.5 Å². The van der Waals surface area contributed by atoms with Crippen LogP contribution in [0.25, 0.3) is 0 Å². The highest BCUT2D eigenvalue weighted by molar-refractivity contribution is 7.91. The number of rotatable bonds is 6. The lowest BCUT2D eigenvalue weighted by Crippen LogP contribution is -2.35. The summed E-state index contributed by atoms with van der Waals surface area (Å²) in [5.41, 5.74) is 1.26. The quantitative estimate of drug-likeness (QED) is 0.847. The number of methoxy groups -OCH3 is 1. The molecule has 1 amide bonds. The molecule has 1 saturated heterocycles. The molecule has 1 heterocycles. The average molecular weight is 327 g/mol. The molecule has 6 nitrogen and oxygen atoms in total. The van der Waals surface area contributed by atoms with Gasteiger partial charge in [-0.2, -0.15) is 0 Å². The maximum atomic E-state index is 12.2. The average Bonchev–Trinajstić information content (AvgIpc) is 2.83. The van der Waals surface area contributed by atoms with Gasteiger partial charge >= 0.3 is 0 Å². The van der Waals surface area contributed by atoms with E-state index in [9.17, 15) is 13.2 Å². The lowest BCUT2D eigenvalue weighted by atomic mass is 10.1. The number of amides is 1. The molecule has 1 N–H and O–H groups in total. The summed E-state index contributed by atoms with van der Waals surface area (Å²) < 4.78 is 33.5. The zero-order valence-corrected chi connectivity index (χ0v) is 13.6. The molecule has 1 aromatic rings. The predicted octanol–water partition coefficient (Wildman–Crippen LogP) is 1.15. The van der Waals surface area contributed by atoms with E-state index >= 15 is 0 Å². The maximum Gasteiger partial charge on any atom is 0.251 e. The Morgan fingerprint density at radius 2 is 2.18 bits per heavy atom. The predicted molar refractivity (Wildman–Crippen MR) is 82.8 cm³/mol. The highest BCUT2D eigenvalue weighted by atomic mass is 32.2. The largest absolute Gasteiger partial charge is 0.496 e. The topological polar surface area (TPSA) is 81.7 Å². The van der Waals surface area contributed by atoms with E-state index in [1.165, 1.54) is 0 Å². The van der Waals surface area contributed by atoms with Gasteiger partial charge in [0.2, 0.25) is 0 Å². The van der Waals surface area contributed by atoms with Crippen molar-refractivity contribution in [3.8, 4) is 5.75 Å². The lowest BCUT2D eigenvalue weighted by molar-refractivity contribution is 0.0940. The molecule has 22 heavy (non-hydrogen) atoms. The van der Waals surface area contributed by atoms with Crippen LogP contribution in [0.4, 0.5) is 0 Å². The van der Waals surface area contributed by atoms with Gasteiger partial charge in [0.25, 0.3) is 5.91 Å². The Morgan fingerprint density at radius 3 is 2.77 bits per heavy atom. The third-order valence-electron chi connectivity index (χ3n) is 3.57. The van der Waals surface area contributed by atoms with E-state index in [0.29, 0.717) is 30.9 Å². The van der Waals surface area contributed by atoms with Gasteiger partial charge in [0.15, 0.2) is 9.84 Å². The van der Waals surface area contributed by atoms with E-state index in [4.69, 9.17) is 9.47 Å². The Kier molecular flexibility index (Phi) is 5.42. The zero-order chi connectivity index (χ0) is 16.2. The van der Waals surface area contributed by atoms with Gasteiger partial charge in [0.05, 0.1) is 25.2 Å². The number of nitrogens with one attached hydrogen (secondary N) is 1. The van der Waals surface area contributed by atoms with Gasteiger partial charge in [-0.15, -0.1) is 0 Å². The first-order valence-electron chi connectivity index (χ1n) is 7.21. The van der Waals surface area contributed by atoms with Crippen molar-refractivity contribution >= 4 is 15.7 Å². The number of benzene rings is 1. The highest BCUT2D eigenvalue weighted by Crippen LogP contribution is 2.21. The van der Waals surface area contributed by atoms with Crippen LogP contribution in [-0.2, 0) is 21.2 Å². The molecule has 0 spiro atoms. The zero-order valence-electron chi connectivity index (χ0n) is 12.8. The first-order chi connectivity index (χ1) is 10.4. The molecule has 122 valence electrons. The van der Waals surface area contributed by atoms with Crippen molar-refractivity contribution in [1.82, 2.24) is 5.32 Å². The normalized spacial score (nSPS) is 19.8. The molecule has 1 aliphatic heterocycles. The monoisotopic (exact) mass is 327 g/mol. The van der Waals surface area contributed by atoms with Crippen LogP contribution in [0.15, 0.2) is 18.2 Å². The highest BCUT2D eigenvalue weighted by Gasteiger charge is 2.29. The maximum absolute atomic E-state index is 12.2. The summed E-state index contributed by atoms with van der Waals surface area (Å²) in [6.07, 6.45) is 0.468. The van der Waals surface area contributed by atoms with Crippen LogP contribution in [-0.4, -0.2) is 45.6 Å². The Bertz CT molecular complexity index is 641. The van der Waals surface area contributed by atoms with E-state index in [-0.39, 0.29) is 23.5 Å². The number of ether oxygens (including phenoxy) is 2. The molecule has 1 aromatic carbocycles. The summed E-state index contributed by atoms with van der Waals surface area (Å²) in [5.74, 6) is 0.535. The van der Waals surface area contributed by atoms with Gasteiger partial charge < -0.3 is 14.8 Å². The lowest BCUT2D eigenvalue weighted by Gasteiger charge is -2.13. The molecule has 1 fully saturated rings. The van der Waals surface area contributed by atoms with Crippen LogP contribution < -0.4 is 10.1 Å². The molecule has 1 atom stereocenters. The van der Waals surface area contributed by atoms with Crippen LogP contribution in [0.5, 0.6) is 5.75 Å². The minimum atomic E-state index is -3.01. The van der Waals surface area contributed by atoms with Gasteiger partial charge in [-0.25, -0.2) is 8.42 Å². The van der Waals surface area contributed by atoms with E-state index < -0.39 is 9.84 Å². The molecule has 0 radical (unpaired) electrons. The summed E-state index contributed by atoms with van der Waals surface area (Å²) in [6, 6.07) is 4.78. The Labute approximate surface area is 130 Å². The minimum absolute atomic E-state index is 0.0146. The molecule has 0 bridgehead atoms. The molecular weight excluding hydrogens is 306 g/mol. The van der Waals surface area contributed by atoms with Crippen molar-refractivity contribution in [2.75, 3.05) is 25.2 Å². The SMILES string of the molecule is CCOCc1cc(C(=O)NC2CCS(=O)(=O)C2)ccc1OC. The van der Waals surface area contributed by atoms with Crippen LogP contribution in [0.3, 0.4) is 0 Å². The summed E-state index contributed by atoms with van der Waals surface area (Å²) in [6.45, 7) is 2.82. The van der Waals surface area contributed by atoms with Crippen LogP contribution in [0.2, 0.25) is 0 Å². The number of carbonyl (C=O) groups excluding carboxylic acids is 1. The third-order valence-corrected chi connectivity index (χ3v) is 5.34. The molecule has 1 unspecified atom stereocenters. The molecule has 2 rings (SSSR count). The second kappa shape index (κ2) is 7.11. The van der Waals surface area contributed by atoms with Crippen LogP contribution >= 0.6 is 0 Å². The van der Waals surface area contributed by atoms with Crippen molar-refractivity contribution in [3.05, 3.63) is 29.3 Å². The molecule has 1 aliphatic rings.